The van der Waals surface area contributed by atoms with Crippen LogP contribution in [0.15, 0.2) is 72.9 Å². The summed E-state index contributed by atoms with van der Waals surface area (Å²) in [6.45, 7) is 6.29. The third-order valence-electron chi connectivity index (χ3n) is 8.46. The highest BCUT2D eigenvalue weighted by Gasteiger charge is 2.19. The summed E-state index contributed by atoms with van der Waals surface area (Å²) in [6, 6.07) is 0. The lowest BCUT2D eigenvalue weighted by Gasteiger charge is -2.18. The number of hydrogen-bond acceptors (Lipinski definition) is 6. The third kappa shape index (κ3) is 38.1. The maximum absolute atomic E-state index is 12.6. The van der Waals surface area contributed by atoms with E-state index in [0.717, 1.165) is 96.3 Å². The predicted molar refractivity (Wildman–Crippen MR) is 219 cm³/mol. The van der Waals surface area contributed by atoms with Crippen molar-refractivity contribution in [2.24, 2.45) is 0 Å². The van der Waals surface area contributed by atoms with Crippen molar-refractivity contribution in [1.29, 1.82) is 0 Å². The van der Waals surface area contributed by atoms with Crippen molar-refractivity contribution in [2.45, 2.75) is 187 Å². The number of ether oxygens (including phenoxy) is 3. The molecule has 0 aromatic carbocycles. The monoisotopic (exact) mass is 725 g/mol. The number of allylic oxidation sites excluding steroid dienone is 12. The van der Waals surface area contributed by atoms with Crippen molar-refractivity contribution >= 4 is 17.9 Å². The standard InChI is InChI=1S/C46H76O6/c1-4-7-10-13-16-19-21-22-23-25-27-30-33-36-39-45(48)51-42-43(41-50-44(47)38-35-32-29-26-18-15-12-9-6-3)52-46(49)40-37-34-31-28-24-20-17-14-11-8-5-2/h7-8,10-11,16-17,19-20,22-23,28,31,43H,4-6,9,12-15,18,21,24-27,29-30,32-42H2,1-3H3/b10-7-,11-8-,19-16-,20-17-,23-22-,31-28-. The summed E-state index contributed by atoms with van der Waals surface area (Å²) < 4.78 is 16.6. The van der Waals surface area contributed by atoms with Gasteiger partial charge < -0.3 is 14.2 Å². The molecule has 1 unspecified atom stereocenters. The zero-order chi connectivity index (χ0) is 38.0. The second-order valence-electron chi connectivity index (χ2n) is 13.5. The Labute approximate surface area is 319 Å². The largest absolute Gasteiger partial charge is 0.462 e. The van der Waals surface area contributed by atoms with Gasteiger partial charge in [0, 0.05) is 19.3 Å². The van der Waals surface area contributed by atoms with E-state index < -0.39 is 6.10 Å². The molecule has 0 heterocycles. The van der Waals surface area contributed by atoms with Gasteiger partial charge >= 0.3 is 17.9 Å². The minimum atomic E-state index is -0.805. The van der Waals surface area contributed by atoms with Gasteiger partial charge in [-0.3, -0.25) is 14.4 Å². The SMILES string of the molecule is CC/C=C\C/C=C\C/C=C\CCCCCCC(=O)OCC(COC(=O)CCCCCCCCCCC)OC(=O)CCC/C=C\C/C=C\C/C=C\CC. The van der Waals surface area contributed by atoms with Crippen molar-refractivity contribution in [1.82, 2.24) is 0 Å². The first-order valence-corrected chi connectivity index (χ1v) is 20.9. The quantitative estimate of drug-likeness (QED) is 0.0277. The molecule has 0 radical (unpaired) electrons. The van der Waals surface area contributed by atoms with E-state index in [0.29, 0.717) is 19.3 Å². The average molecular weight is 725 g/mol. The first-order valence-electron chi connectivity index (χ1n) is 20.9. The van der Waals surface area contributed by atoms with Gasteiger partial charge in [-0.05, 0) is 77.0 Å². The molecule has 52 heavy (non-hydrogen) atoms. The van der Waals surface area contributed by atoms with E-state index in [-0.39, 0.29) is 37.5 Å². The molecule has 1 atom stereocenters. The fraction of sp³-hybridized carbons (Fsp3) is 0.674. The summed E-state index contributed by atoms with van der Waals surface area (Å²) in [5.74, 6) is -0.994. The Morgan fingerprint density at radius 1 is 0.404 bits per heavy atom. The molecular weight excluding hydrogens is 648 g/mol. The van der Waals surface area contributed by atoms with E-state index in [9.17, 15) is 14.4 Å². The Balaban J connectivity index is 4.48. The molecule has 0 aliphatic carbocycles. The average Bonchev–Trinajstić information content (AvgIpc) is 3.14. The van der Waals surface area contributed by atoms with Crippen LogP contribution >= 0.6 is 0 Å². The minimum absolute atomic E-state index is 0.103. The predicted octanol–water partition coefficient (Wildman–Crippen LogP) is 13.1. The van der Waals surface area contributed by atoms with Gasteiger partial charge in [-0.25, -0.2) is 0 Å². The molecule has 0 saturated carbocycles. The molecule has 0 saturated heterocycles. The molecule has 0 rings (SSSR count). The zero-order valence-corrected chi connectivity index (χ0v) is 33.5. The van der Waals surface area contributed by atoms with Gasteiger partial charge in [0.2, 0.25) is 0 Å². The fourth-order valence-electron chi connectivity index (χ4n) is 5.36. The Hall–Kier alpha value is -3.15. The lowest BCUT2D eigenvalue weighted by molar-refractivity contribution is -0.167. The van der Waals surface area contributed by atoms with E-state index in [2.05, 4.69) is 93.7 Å². The number of carbonyl (C=O) groups is 3. The van der Waals surface area contributed by atoms with Crippen LogP contribution < -0.4 is 0 Å². The molecule has 0 aromatic heterocycles. The van der Waals surface area contributed by atoms with E-state index in [4.69, 9.17) is 14.2 Å². The van der Waals surface area contributed by atoms with Crippen molar-refractivity contribution < 1.29 is 28.6 Å². The number of esters is 3. The summed E-state index contributed by atoms with van der Waals surface area (Å²) in [7, 11) is 0. The van der Waals surface area contributed by atoms with Gasteiger partial charge in [0.1, 0.15) is 13.2 Å². The lowest BCUT2D eigenvalue weighted by atomic mass is 10.1. The summed E-state index contributed by atoms with van der Waals surface area (Å²) in [6.07, 6.45) is 49.0. The second kappa shape index (κ2) is 40.6. The molecule has 0 bridgehead atoms. The molecule has 0 amide bonds. The minimum Gasteiger partial charge on any atom is -0.462 e. The molecule has 0 N–H and O–H groups in total. The molecule has 0 aromatic rings. The van der Waals surface area contributed by atoms with Gasteiger partial charge in [0.25, 0.3) is 0 Å². The van der Waals surface area contributed by atoms with Crippen LogP contribution in [0.25, 0.3) is 0 Å². The first kappa shape index (κ1) is 48.9. The molecule has 0 aliphatic heterocycles. The second-order valence-corrected chi connectivity index (χ2v) is 13.5. The lowest BCUT2D eigenvalue weighted by Crippen LogP contribution is -2.30. The Morgan fingerprint density at radius 2 is 0.769 bits per heavy atom. The van der Waals surface area contributed by atoms with Crippen molar-refractivity contribution in [3.63, 3.8) is 0 Å². The zero-order valence-electron chi connectivity index (χ0n) is 33.5. The number of unbranched alkanes of at least 4 members (excludes halogenated alkanes) is 13. The molecule has 6 heteroatoms. The summed E-state index contributed by atoms with van der Waals surface area (Å²) >= 11 is 0. The van der Waals surface area contributed by atoms with E-state index in [1.54, 1.807) is 0 Å². The number of hydrogen-bond donors (Lipinski definition) is 0. The van der Waals surface area contributed by atoms with Crippen LogP contribution in [-0.4, -0.2) is 37.2 Å². The van der Waals surface area contributed by atoms with Gasteiger partial charge in [-0.1, -0.05) is 158 Å². The molecule has 296 valence electrons. The number of rotatable bonds is 36. The van der Waals surface area contributed by atoms with Crippen LogP contribution in [-0.2, 0) is 28.6 Å². The van der Waals surface area contributed by atoms with Crippen LogP contribution in [0.5, 0.6) is 0 Å². The topological polar surface area (TPSA) is 78.9 Å². The molecule has 0 fully saturated rings. The number of carbonyl (C=O) groups excluding carboxylic acids is 3. The third-order valence-corrected chi connectivity index (χ3v) is 8.46. The van der Waals surface area contributed by atoms with Crippen LogP contribution in [0.4, 0.5) is 0 Å². The van der Waals surface area contributed by atoms with Crippen molar-refractivity contribution in [2.75, 3.05) is 13.2 Å². The van der Waals surface area contributed by atoms with Crippen LogP contribution in [0.1, 0.15) is 181 Å². The Kier molecular flexibility index (Phi) is 38.2. The van der Waals surface area contributed by atoms with Gasteiger partial charge in [-0.2, -0.15) is 0 Å². The van der Waals surface area contributed by atoms with E-state index in [1.165, 1.54) is 38.5 Å². The molecule has 0 aliphatic rings. The van der Waals surface area contributed by atoms with Crippen LogP contribution in [0.3, 0.4) is 0 Å². The maximum Gasteiger partial charge on any atom is 0.306 e. The van der Waals surface area contributed by atoms with E-state index >= 15 is 0 Å². The highest BCUT2D eigenvalue weighted by atomic mass is 16.6. The van der Waals surface area contributed by atoms with Gasteiger partial charge in [-0.15, -0.1) is 0 Å². The maximum atomic E-state index is 12.6. The molecule has 6 nitrogen and oxygen atoms in total. The highest BCUT2D eigenvalue weighted by molar-refractivity contribution is 5.71. The first-order chi connectivity index (χ1) is 25.5. The molecule has 0 spiro atoms. The smallest absolute Gasteiger partial charge is 0.306 e. The Bertz CT molecular complexity index is 1020. The Morgan fingerprint density at radius 3 is 1.23 bits per heavy atom. The van der Waals surface area contributed by atoms with E-state index in [1.807, 2.05) is 0 Å². The van der Waals surface area contributed by atoms with Crippen LogP contribution in [0, 0.1) is 0 Å². The fourth-order valence-corrected chi connectivity index (χ4v) is 5.36. The normalized spacial score (nSPS) is 12.8. The molecular formula is C46H76O6. The van der Waals surface area contributed by atoms with Gasteiger partial charge in [0.05, 0.1) is 0 Å². The summed E-state index contributed by atoms with van der Waals surface area (Å²) in [4.78, 5) is 37.5. The van der Waals surface area contributed by atoms with Crippen molar-refractivity contribution in [3.8, 4) is 0 Å². The summed E-state index contributed by atoms with van der Waals surface area (Å²) in [5.41, 5.74) is 0. The van der Waals surface area contributed by atoms with Gasteiger partial charge in [0.15, 0.2) is 6.10 Å². The van der Waals surface area contributed by atoms with Crippen LogP contribution in [0.2, 0.25) is 0 Å². The highest BCUT2D eigenvalue weighted by Crippen LogP contribution is 2.12. The van der Waals surface area contributed by atoms with Crippen molar-refractivity contribution in [3.05, 3.63) is 72.9 Å². The summed E-state index contributed by atoms with van der Waals surface area (Å²) in [5, 5.41) is 0.